The van der Waals surface area contributed by atoms with Crippen molar-refractivity contribution < 1.29 is 14.7 Å². The number of aromatic nitrogens is 1. The molecule has 1 amide bonds. The van der Waals surface area contributed by atoms with Crippen LogP contribution in [-0.4, -0.2) is 22.0 Å². The maximum absolute atomic E-state index is 11.6. The Hall–Kier alpha value is -1.43. The Balaban J connectivity index is 2.50. The zero-order valence-electron chi connectivity index (χ0n) is 9.31. The van der Waals surface area contributed by atoms with Crippen LogP contribution in [0.1, 0.15) is 19.8 Å². The molecule has 1 rings (SSSR count). The molecule has 17 heavy (non-hydrogen) atoms. The molecule has 6 heteroatoms. The number of anilines is 1. The summed E-state index contributed by atoms with van der Waals surface area (Å²) >= 11 is 3.21. The van der Waals surface area contributed by atoms with Gasteiger partial charge in [-0.15, -0.1) is 0 Å². The molecule has 0 saturated heterocycles. The maximum atomic E-state index is 11.6. The van der Waals surface area contributed by atoms with Gasteiger partial charge in [-0.1, -0.05) is 6.92 Å². The van der Waals surface area contributed by atoms with Crippen LogP contribution in [-0.2, 0) is 9.59 Å². The molecular formula is C11H13BrN2O3. The summed E-state index contributed by atoms with van der Waals surface area (Å²) in [6.07, 6.45) is 1.77. The van der Waals surface area contributed by atoms with Crippen LogP contribution in [0.25, 0.3) is 0 Å². The molecule has 0 radical (unpaired) electrons. The summed E-state index contributed by atoms with van der Waals surface area (Å²) in [5, 5.41) is 11.3. The minimum atomic E-state index is -0.896. The molecule has 1 aromatic rings. The van der Waals surface area contributed by atoms with Crippen molar-refractivity contribution in [2.75, 3.05) is 5.32 Å². The molecule has 92 valence electrons. The first kappa shape index (κ1) is 13.6. The standard InChI is InChI=1S/C11H13BrN2O3/c1-7(6-10(16)17)5-9(15)14-8-3-2-4-13-11(8)12/h2-4,7H,5-6H2,1H3,(H,14,15)(H,16,17). The van der Waals surface area contributed by atoms with E-state index in [4.69, 9.17) is 5.11 Å². The normalized spacial score (nSPS) is 11.9. The number of carbonyl (C=O) groups excluding carboxylic acids is 1. The molecule has 1 unspecified atom stereocenters. The predicted octanol–water partition coefficient (Wildman–Crippen LogP) is 2.28. The van der Waals surface area contributed by atoms with Gasteiger partial charge in [0.2, 0.25) is 5.91 Å². The molecule has 1 heterocycles. The summed E-state index contributed by atoms with van der Waals surface area (Å²) < 4.78 is 0.555. The fraction of sp³-hybridized carbons (Fsp3) is 0.364. The molecule has 0 saturated carbocycles. The molecule has 0 aliphatic rings. The topological polar surface area (TPSA) is 79.3 Å². The summed E-state index contributed by atoms with van der Waals surface area (Å²) in [5.41, 5.74) is 0.583. The molecule has 5 nitrogen and oxygen atoms in total. The van der Waals surface area contributed by atoms with Crippen LogP contribution < -0.4 is 5.32 Å². The van der Waals surface area contributed by atoms with Crippen molar-refractivity contribution in [2.24, 2.45) is 5.92 Å². The zero-order valence-corrected chi connectivity index (χ0v) is 10.9. The number of carbonyl (C=O) groups is 2. The number of aliphatic carboxylic acids is 1. The number of carboxylic acid groups (broad SMARTS) is 1. The van der Waals surface area contributed by atoms with Gasteiger partial charge in [0.05, 0.1) is 5.69 Å². The zero-order chi connectivity index (χ0) is 12.8. The fourth-order valence-electron chi connectivity index (χ4n) is 1.37. The monoisotopic (exact) mass is 300 g/mol. The SMILES string of the molecule is CC(CC(=O)O)CC(=O)Nc1cccnc1Br. The Morgan fingerprint density at radius 2 is 2.24 bits per heavy atom. The number of nitrogens with zero attached hydrogens (tertiary/aromatic N) is 1. The van der Waals surface area contributed by atoms with Gasteiger partial charge in [-0.05, 0) is 34.0 Å². The molecule has 0 bridgehead atoms. The predicted molar refractivity (Wildman–Crippen MR) is 66.6 cm³/mol. The molecule has 0 aliphatic heterocycles. The van der Waals surface area contributed by atoms with E-state index in [1.807, 2.05) is 0 Å². The van der Waals surface area contributed by atoms with Crippen LogP contribution in [0.5, 0.6) is 0 Å². The Bertz CT molecular complexity index is 423. The lowest BCUT2D eigenvalue weighted by Crippen LogP contribution is -2.17. The molecule has 0 fully saturated rings. The molecule has 2 N–H and O–H groups in total. The van der Waals surface area contributed by atoms with Gasteiger partial charge in [-0.25, -0.2) is 4.98 Å². The van der Waals surface area contributed by atoms with Gasteiger partial charge in [0, 0.05) is 19.0 Å². The lowest BCUT2D eigenvalue weighted by Gasteiger charge is -2.09. The first-order valence-electron chi connectivity index (χ1n) is 5.11. The van der Waals surface area contributed by atoms with E-state index >= 15 is 0 Å². The van der Waals surface area contributed by atoms with Crippen LogP contribution in [0.4, 0.5) is 5.69 Å². The lowest BCUT2D eigenvalue weighted by atomic mass is 10.0. The number of hydrogen-bond donors (Lipinski definition) is 2. The summed E-state index contributed by atoms with van der Waals surface area (Å²) in [7, 11) is 0. The van der Waals surface area contributed by atoms with Gasteiger partial charge in [0.1, 0.15) is 4.60 Å². The minimum absolute atomic E-state index is 0.0123. The highest BCUT2D eigenvalue weighted by Crippen LogP contribution is 2.19. The van der Waals surface area contributed by atoms with E-state index in [0.717, 1.165) is 0 Å². The first-order chi connectivity index (χ1) is 7.99. The summed E-state index contributed by atoms with van der Waals surface area (Å²) in [6, 6.07) is 3.43. The highest BCUT2D eigenvalue weighted by Gasteiger charge is 2.13. The number of amides is 1. The minimum Gasteiger partial charge on any atom is -0.481 e. The average molecular weight is 301 g/mol. The maximum Gasteiger partial charge on any atom is 0.303 e. The summed E-state index contributed by atoms with van der Waals surface area (Å²) in [4.78, 5) is 26.0. The smallest absolute Gasteiger partial charge is 0.303 e. The van der Waals surface area contributed by atoms with Crippen LogP contribution in [0.3, 0.4) is 0 Å². The van der Waals surface area contributed by atoms with Crippen LogP contribution in [0, 0.1) is 5.92 Å². The van der Waals surface area contributed by atoms with E-state index in [1.165, 1.54) is 0 Å². The summed E-state index contributed by atoms with van der Waals surface area (Å²) in [5.74, 6) is -1.30. The number of halogens is 1. The van der Waals surface area contributed by atoms with Crippen molar-refractivity contribution in [3.8, 4) is 0 Å². The van der Waals surface area contributed by atoms with E-state index < -0.39 is 5.97 Å². The van der Waals surface area contributed by atoms with Gasteiger partial charge < -0.3 is 10.4 Å². The van der Waals surface area contributed by atoms with Crippen molar-refractivity contribution in [3.05, 3.63) is 22.9 Å². The molecular weight excluding hydrogens is 288 g/mol. The first-order valence-corrected chi connectivity index (χ1v) is 5.90. The number of carboxylic acids is 1. The van der Waals surface area contributed by atoms with Crippen molar-refractivity contribution in [1.29, 1.82) is 0 Å². The van der Waals surface area contributed by atoms with Crippen molar-refractivity contribution in [1.82, 2.24) is 4.98 Å². The largest absolute Gasteiger partial charge is 0.481 e. The van der Waals surface area contributed by atoms with E-state index in [9.17, 15) is 9.59 Å². The Labute approximate surface area is 107 Å². The van der Waals surface area contributed by atoms with Crippen LogP contribution in [0.2, 0.25) is 0 Å². The Kier molecular flexibility index (Phi) is 5.09. The number of rotatable bonds is 5. The average Bonchev–Trinajstić information content (AvgIpc) is 2.19. The van der Waals surface area contributed by atoms with Crippen molar-refractivity contribution in [3.63, 3.8) is 0 Å². The van der Waals surface area contributed by atoms with E-state index in [-0.39, 0.29) is 24.7 Å². The van der Waals surface area contributed by atoms with Crippen LogP contribution in [0.15, 0.2) is 22.9 Å². The van der Waals surface area contributed by atoms with E-state index in [1.54, 1.807) is 25.3 Å². The molecule has 1 aromatic heterocycles. The van der Waals surface area contributed by atoms with Gasteiger partial charge in [-0.3, -0.25) is 9.59 Å². The number of hydrogen-bond acceptors (Lipinski definition) is 3. The van der Waals surface area contributed by atoms with Gasteiger partial charge in [-0.2, -0.15) is 0 Å². The third-order valence-corrected chi connectivity index (χ3v) is 2.72. The molecule has 0 spiro atoms. The summed E-state index contributed by atoms with van der Waals surface area (Å²) in [6.45, 7) is 1.73. The second-order valence-electron chi connectivity index (χ2n) is 3.80. The molecule has 0 aliphatic carbocycles. The highest BCUT2D eigenvalue weighted by molar-refractivity contribution is 9.10. The van der Waals surface area contributed by atoms with E-state index in [2.05, 4.69) is 26.2 Å². The third-order valence-electron chi connectivity index (χ3n) is 2.09. The van der Waals surface area contributed by atoms with Crippen molar-refractivity contribution in [2.45, 2.75) is 19.8 Å². The molecule has 0 aromatic carbocycles. The van der Waals surface area contributed by atoms with Gasteiger partial charge in [0.25, 0.3) is 0 Å². The van der Waals surface area contributed by atoms with Crippen LogP contribution >= 0.6 is 15.9 Å². The third kappa shape index (κ3) is 4.95. The lowest BCUT2D eigenvalue weighted by molar-refractivity contribution is -0.138. The van der Waals surface area contributed by atoms with E-state index in [0.29, 0.717) is 10.3 Å². The Morgan fingerprint density at radius 1 is 1.53 bits per heavy atom. The second-order valence-corrected chi connectivity index (χ2v) is 4.55. The fourth-order valence-corrected chi connectivity index (χ4v) is 1.72. The second kappa shape index (κ2) is 6.34. The quantitative estimate of drug-likeness (QED) is 0.818. The highest BCUT2D eigenvalue weighted by atomic mass is 79.9. The number of nitrogens with one attached hydrogen (secondary N) is 1. The van der Waals surface area contributed by atoms with Gasteiger partial charge in [0.15, 0.2) is 0 Å². The van der Waals surface area contributed by atoms with Gasteiger partial charge >= 0.3 is 5.97 Å². The number of pyridine rings is 1. The van der Waals surface area contributed by atoms with Crippen molar-refractivity contribution >= 4 is 33.5 Å². The molecule has 1 atom stereocenters. The Morgan fingerprint density at radius 3 is 2.82 bits per heavy atom.